The van der Waals surface area contributed by atoms with E-state index in [-0.39, 0.29) is 24.2 Å². The highest BCUT2D eigenvalue weighted by atomic mass is 19.1. The van der Waals surface area contributed by atoms with Crippen LogP contribution in [0.1, 0.15) is 42.9 Å². The number of likely N-dealkylation sites (tertiary alicyclic amines) is 1. The van der Waals surface area contributed by atoms with Gasteiger partial charge in [0.2, 0.25) is 11.7 Å². The minimum Gasteiger partial charge on any atom is -0.493 e. The van der Waals surface area contributed by atoms with Crippen LogP contribution in [0.2, 0.25) is 0 Å². The molecule has 2 aromatic carbocycles. The summed E-state index contributed by atoms with van der Waals surface area (Å²) in [5, 5.41) is 3.17. The highest BCUT2D eigenvalue weighted by Gasteiger charge is 2.27. The lowest BCUT2D eigenvalue weighted by Gasteiger charge is -2.30. The van der Waals surface area contributed by atoms with Crippen LogP contribution in [0.3, 0.4) is 0 Å². The van der Waals surface area contributed by atoms with Crippen LogP contribution in [0.25, 0.3) is 17.2 Å². The zero-order valence-electron chi connectivity index (χ0n) is 21.0. The summed E-state index contributed by atoms with van der Waals surface area (Å²) >= 11 is 0. The largest absolute Gasteiger partial charge is 0.493 e. The standard InChI is InChI=1S/C28H33FN2O4/c1-17-22(11-18-12-25(33-3)28(35-5)26(13-18)34-4)21-9-8-19(29)14-24(21)23(17)15-27(32)30-20-7-6-10-31(2)16-20/h8-9,11-14,20H,6-7,10,15-16H2,1-5H3,(H,30,32). The third-order valence-electron chi connectivity index (χ3n) is 6.78. The van der Waals surface area contributed by atoms with Gasteiger partial charge in [0.05, 0.1) is 27.8 Å². The first-order chi connectivity index (χ1) is 16.8. The average molecular weight is 481 g/mol. The molecule has 2 aliphatic rings. The second-order valence-corrected chi connectivity index (χ2v) is 9.16. The van der Waals surface area contributed by atoms with Crippen LogP contribution < -0.4 is 19.5 Å². The summed E-state index contributed by atoms with van der Waals surface area (Å²) in [5.41, 5.74) is 5.25. The quantitative estimate of drug-likeness (QED) is 0.618. The van der Waals surface area contributed by atoms with E-state index in [4.69, 9.17) is 14.2 Å². The van der Waals surface area contributed by atoms with Crippen LogP contribution in [0.5, 0.6) is 17.2 Å². The van der Waals surface area contributed by atoms with Crippen LogP contribution in [0.15, 0.2) is 35.9 Å². The van der Waals surface area contributed by atoms with Crippen molar-refractivity contribution in [2.75, 3.05) is 41.5 Å². The topological polar surface area (TPSA) is 60.0 Å². The lowest BCUT2D eigenvalue weighted by atomic mass is 10.00. The Labute approximate surface area is 206 Å². The van der Waals surface area contributed by atoms with E-state index in [2.05, 4.69) is 17.3 Å². The predicted octanol–water partition coefficient (Wildman–Crippen LogP) is 4.78. The number of carbonyl (C=O) groups is 1. The molecule has 1 unspecified atom stereocenters. The Morgan fingerprint density at radius 2 is 1.83 bits per heavy atom. The Morgan fingerprint density at radius 1 is 1.11 bits per heavy atom. The summed E-state index contributed by atoms with van der Waals surface area (Å²) in [6, 6.07) is 8.63. The number of nitrogens with zero attached hydrogens (tertiary/aromatic N) is 1. The number of carbonyl (C=O) groups excluding carboxylic acids is 1. The first kappa shape index (κ1) is 24.8. The molecule has 186 valence electrons. The van der Waals surface area contributed by atoms with Crippen molar-refractivity contribution in [1.29, 1.82) is 0 Å². The van der Waals surface area contributed by atoms with Crippen molar-refractivity contribution >= 4 is 23.1 Å². The average Bonchev–Trinajstić information content (AvgIpc) is 3.08. The zero-order valence-corrected chi connectivity index (χ0v) is 21.0. The lowest BCUT2D eigenvalue weighted by Crippen LogP contribution is -2.46. The van der Waals surface area contributed by atoms with Gasteiger partial charge in [-0.25, -0.2) is 4.39 Å². The van der Waals surface area contributed by atoms with Gasteiger partial charge in [-0.1, -0.05) is 6.07 Å². The Morgan fingerprint density at radius 3 is 2.46 bits per heavy atom. The number of piperidine rings is 1. The third kappa shape index (κ3) is 5.20. The van der Waals surface area contributed by atoms with Gasteiger partial charge in [-0.15, -0.1) is 0 Å². The molecule has 2 aromatic rings. The normalized spacial score (nSPS) is 19.0. The zero-order chi connectivity index (χ0) is 25.1. The van der Waals surface area contributed by atoms with Gasteiger partial charge < -0.3 is 24.4 Å². The van der Waals surface area contributed by atoms with Crippen molar-refractivity contribution in [1.82, 2.24) is 10.2 Å². The summed E-state index contributed by atoms with van der Waals surface area (Å²) in [7, 11) is 6.79. The number of likely N-dealkylation sites (N-methyl/N-ethyl adjacent to an activating group) is 1. The SMILES string of the molecule is COc1cc(C=C2C(C)=C(CC(=O)NC3CCCN(C)C3)c3cc(F)ccc32)cc(OC)c1OC. The van der Waals surface area contributed by atoms with Crippen molar-refractivity contribution in [2.45, 2.75) is 32.2 Å². The Balaban J connectivity index is 1.69. The fourth-order valence-corrected chi connectivity index (χ4v) is 5.06. The Hall–Kier alpha value is -3.32. The fraction of sp³-hybridized carbons (Fsp3) is 0.393. The molecular formula is C28H33FN2O4. The number of benzene rings is 2. The van der Waals surface area contributed by atoms with E-state index in [0.717, 1.165) is 59.3 Å². The molecule has 6 nitrogen and oxygen atoms in total. The van der Waals surface area contributed by atoms with Crippen LogP contribution in [0.4, 0.5) is 4.39 Å². The van der Waals surface area contributed by atoms with E-state index < -0.39 is 0 Å². The molecule has 1 saturated heterocycles. The fourth-order valence-electron chi connectivity index (χ4n) is 5.06. The minimum absolute atomic E-state index is 0.0381. The number of fused-ring (bicyclic) bond motifs is 1. The smallest absolute Gasteiger partial charge is 0.224 e. The van der Waals surface area contributed by atoms with Crippen LogP contribution >= 0.6 is 0 Å². The number of methoxy groups -OCH3 is 3. The van der Waals surface area contributed by atoms with Gasteiger partial charge in [0.1, 0.15) is 5.82 Å². The van der Waals surface area contributed by atoms with E-state index in [1.165, 1.54) is 12.1 Å². The molecule has 7 heteroatoms. The molecule has 0 aromatic heterocycles. The highest BCUT2D eigenvalue weighted by Crippen LogP contribution is 2.45. The molecule has 1 N–H and O–H groups in total. The third-order valence-corrected chi connectivity index (χ3v) is 6.78. The van der Waals surface area contributed by atoms with Crippen molar-refractivity contribution in [3.05, 3.63) is 58.4 Å². The number of amides is 1. The monoisotopic (exact) mass is 480 g/mol. The van der Waals surface area contributed by atoms with Crippen molar-refractivity contribution < 1.29 is 23.4 Å². The van der Waals surface area contributed by atoms with Gasteiger partial charge >= 0.3 is 0 Å². The molecule has 1 aliphatic heterocycles. The summed E-state index contributed by atoms with van der Waals surface area (Å²) in [4.78, 5) is 15.2. The Kier molecular flexibility index (Phi) is 7.45. The maximum atomic E-state index is 14.3. The van der Waals surface area contributed by atoms with Crippen LogP contribution in [0, 0.1) is 5.82 Å². The first-order valence-corrected chi connectivity index (χ1v) is 11.8. The van der Waals surface area contributed by atoms with Crippen molar-refractivity contribution in [3.63, 3.8) is 0 Å². The van der Waals surface area contributed by atoms with Gasteiger partial charge in [-0.2, -0.15) is 0 Å². The molecule has 0 radical (unpaired) electrons. The summed E-state index contributed by atoms with van der Waals surface area (Å²) in [6.45, 7) is 3.89. The van der Waals surface area contributed by atoms with Crippen molar-refractivity contribution in [2.24, 2.45) is 0 Å². The van der Waals surface area contributed by atoms with E-state index in [1.807, 2.05) is 25.1 Å². The van der Waals surface area contributed by atoms with E-state index in [1.54, 1.807) is 27.4 Å². The van der Waals surface area contributed by atoms with Gasteiger partial charge in [0, 0.05) is 12.6 Å². The number of ether oxygens (including phenoxy) is 3. The first-order valence-electron chi connectivity index (χ1n) is 11.8. The minimum atomic E-state index is -0.322. The molecule has 35 heavy (non-hydrogen) atoms. The molecule has 1 atom stereocenters. The number of nitrogens with one attached hydrogen (secondary N) is 1. The molecule has 1 fully saturated rings. The molecule has 1 amide bonds. The molecule has 1 aliphatic carbocycles. The summed E-state index contributed by atoms with van der Waals surface area (Å²) in [6.07, 6.45) is 4.26. The lowest BCUT2D eigenvalue weighted by molar-refractivity contribution is -0.121. The molecule has 0 spiro atoms. The Bertz CT molecular complexity index is 1160. The molecular weight excluding hydrogens is 447 g/mol. The van der Waals surface area contributed by atoms with E-state index in [0.29, 0.717) is 17.2 Å². The number of hydrogen-bond donors (Lipinski definition) is 1. The van der Waals surface area contributed by atoms with Gasteiger partial charge in [0.15, 0.2) is 11.5 Å². The summed E-state index contributed by atoms with van der Waals surface area (Å²) < 4.78 is 30.7. The maximum absolute atomic E-state index is 14.3. The van der Waals surface area contributed by atoms with E-state index in [9.17, 15) is 9.18 Å². The second-order valence-electron chi connectivity index (χ2n) is 9.16. The predicted molar refractivity (Wildman–Crippen MR) is 136 cm³/mol. The molecule has 1 heterocycles. The molecule has 0 saturated carbocycles. The van der Waals surface area contributed by atoms with E-state index >= 15 is 0 Å². The highest BCUT2D eigenvalue weighted by molar-refractivity contribution is 6.08. The number of rotatable bonds is 7. The number of allylic oxidation sites excluding steroid dienone is 2. The van der Waals surface area contributed by atoms with Gasteiger partial charge in [-0.3, -0.25) is 4.79 Å². The summed E-state index contributed by atoms with van der Waals surface area (Å²) in [5.74, 6) is 1.26. The molecule has 0 bridgehead atoms. The van der Waals surface area contributed by atoms with Crippen LogP contribution in [-0.2, 0) is 4.79 Å². The van der Waals surface area contributed by atoms with Gasteiger partial charge in [0.25, 0.3) is 0 Å². The second kappa shape index (κ2) is 10.5. The van der Waals surface area contributed by atoms with Crippen molar-refractivity contribution in [3.8, 4) is 17.2 Å². The molecule has 4 rings (SSSR count). The van der Waals surface area contributed by atoms with Crippen LogP contribution in [-0.4, -0.2) is 58.3 Å². The maximum Gasteiger partial charge on any atom is 0.224 e. The number of halogens is 1. The number of hydrogen-bond acceptors (Lipinski definition) is 5. The van der Waals surface area contributed by atoms with Gasteiger partial charge in [-0.05, 0) is 97.1 Å².